The lowest BCUT2D eigenvalue weighted by molar-refractivity contribution is -0.677. The van der Waals surface area contributed by atoms with Crippen molar-refractivity contribution in [3.05, 3.63) is 35.7 Å². The Labute approximate surface area is 185 Å². The number of aryl methyl sites for hydroxylation is 2. The van der Waals surface area contributed by atoms with Gasteiger partial charge < -0.3 is 9.47 Å². The minimum atomic E-state index is -0.756. The molecule has 0 radical (unpaired) electrons. The number of urea groups is 1. The van der Waals surface area contributed by atoms with Crippen molar-refractivity contribution in [3.63, 3.8) is 0 Å². The molecular weight excluding hydrogens is 414 g/mol. The number of carbonyl (C=O) groups excluding carboxylic acids is 3. The second-order valence-corrected chi connectivity index (χ2v) is 7.91. The van der Waals surface area contributed by atoms with Crippen LogP contribution in [0.15, 0.2) is 29.4 Å². The van der Waals surface area contributed by atoms with Crippen molar-refractivity contribution in [1.29, 1.82) is 0 Å². The summed E-state index contributed by atoms with van der Waals surface area (Å²) in [7, 11) is 4.77. The summed E-state index contributed by atoms with van der Waals surface area (Å²) in [4.78, 5) is 44.3. The van der Waals surface area contributed by atoms with Crippen LogP contribution in [-0.2, 0) is 22.6 Å². The summed E-state index contributed by atoms with van der Waals surface area (Å²) in [6, 6.07) is 4.49. The number of methoxy groups -OCH3 is 2. The number of carbonyl (C=O) groups is 3. The Bertz CT molecular complexity index is 1150. The van der Waals surface area contributed by atoms with Crippen LogP contribution in [0.25, 0.3) is 0 Å². The van der Waals surface area contributed by atoms with Gasteiger partial charge in [-0.1, -0.05) is 11.1 Å². The van der Waals surface area contributed by atoms with Crippen molar-refractivity contribution in [2.45, 2.75) is 32.9 Å². The lowest BCUT2D eigenvalue weighted by Crippen LogP contribution is -2.63. The summed E-state index contributed by atoms with van der Waals surface area (Å²) < 4.78 is 14.5. The van der Waals surface area contributed by atoms with Gasteiger partial charge in [-0.25, -0.2) is 13.9 Å². The topological polar surface area (TPSA) is 97.3 Å². The minimum absolute atomic E-state index is 0.249. The van der Waals surface area contributed by atoms with E-state index in [2.05, 4.69) is 4.99 Å². The largest absolute Gasteiger partial charge is 0.493 e. The van der Waals surface area contributed by atoms with E-state index in [1.54, 1.807) is 25.8 Å². The number of hydrogen-bond donors (Lipinski definition) is 0. The van der Waals surface area contributed by atoms with E-state index in [1.165, 1.54) is 11.8 Å². The molecule has 1 atom stereocenters. The first-order valence-electron chi connectivity index (χ1n) is 10.3. The predicted molar refractivity (Wildman–Crippen MR) is 114 cm³/mol. The number of aromatic nitrogens is 2. The zero-order chi connectivity index (χ0) is 23.2. The van der Waals surface area contributed by atoms with E-state index in [0.717, 1.165) is 16.2 Å². The molecule has 3 heterocycles. The normalized spacial score (nSPS) is 17.3. The highest BCUT2D eigenvalue weighted by atomic mass is 16.5. The number of aliphatic imine (C=N–C) groups is 1. The highest BCUT2D eigenvalue weighted by Gasteiger charge is 2.53. The van der Waals surface area contributed by atoms with Gasteiger partial charge in [0.25, 0.3) is 5.91 Å². The number of imide groups is 1. The lowest BCUT2D eigenvalue weighted by atomic mass is 10.1. The van der Waals surface area contributed by atoms with Gasteiger partial charge in [0, 0.05) is 13.5 Å². The molecule has 2 aliphatic heterocycles. The van der Waals surface area contributed by atoms with Crippen LogP contribution in [-0.4, -0.2) is 65.7 Å². The summed E-state index contributed by atoms with van der Waals surface area (Å²) in [5, 5.41) is 0. The molecule has 1 unspecified atom stereocenters. The van der Waals surface area contributed by atoms with Gasteiger partial charge in [0.15, 0.2) is 11.5 Å². The fourth-order valence-electron chi connectivity index (χ4n) is 4.15. The maximum absolute atomic E-state index is 13.1. The van der Waals surface area contributed by atoms with Crippen molar-refractivity contribution in [2.24, 2.45) is 4.99 Å². The molecule has 1 aromatic heterocycles. The van der Waals surface area contributed by atoms with Crippen molar-refractivity contribution in [2.75, 3.05) is 27.8 Å². The molecule has 2 aliphatic rings. The molecule has 3 amide bonds. The number of ether oxygens (including phenoxy) is 2. The lowest BCUT2D eigenvalue weighted by Gasteiger charge is -2.32. The monoisotopic (exact) mass is 440 g/mol. The highest BCUT2D eigenvalue weighted by Crippen LogP contribution is 2.30. The van der Waals surface area contributed by atoms with Crippen LogP contribution in [0.5, 0.6) is 11.5 Å². The van der Waals surface area contributed by atoms with Crippen LogP contribution >= 0.6 is 0 Å². The standard InChI is InChI=1S/C22H26N5O5/c1-13-11-26-18-19(24(3)22(30)27(20(18)29)12-14(2)28)23-21(26)25(13)9-8-15-6-7-16(31-4)17(10-15)32-5/h6-7,10-11,18H,8-9,12H2,1-5H3/q+1. The Hall–Kier alpha value is -3.69. The van der Waals surface area contributed by atoms with Crippen LogP contribution in [0.3, 0.4) is 0 Å². The Morgan fingerprint density at radius 3 is 2.56 bits per heavy atom. The second-order valence-electron chi connectivity index (χ2n) is 7.91. The van der Waals surface area contributed by atoms with Crippen molar-refractivity contribution in [1.82, 2.24) is 14.4 Å². The summed E-state index contributed by atoms with van der Waals surface area (Å²) in [6.07, 6.45) is 2.57. The van der Waals surface area contributed by atoms with Crippen molar-refractivity contribution >= 4 is 29.5 Å². The van der Waals surface area contributed by atoms with Crippen molar-refractivity contribution in [3.8, 4) is 11.5 Å². The van der Waals surface area contributed by atoms with E-state index in [-0.39, 0.29) is 12.3 Å². The number of rotatable bonds is 7. The Morgan fingerprint density at radius 1 is 1.19 bits per heavy atom. The maximum atomic E-state index is 13.1. The van der Waals surface area contributed by atoms with E-state index in [9.17, 15) is 14.4 Å². The number of amidine groups is 1. The zero-order valence-electron chi connectivity index (χ0n) is 18.8. The molecule has 0 saturated carbocycles. The number of fused-ring (bicyclic) bond motifs is 3. The molecule has 0 spiro atoms. The summed E-state index contributed by atoms with van der Waals surface area (Å²) >= 11 is 0. The van der Waals surface area contributed by atoms with E-state index in [4.69, 9.17) is 9.47 Å². The molecule has 0 aliphatic carbocycles. The fourth-order valence-corrected chi connectivity index (χ4v) is 4.15. The van der Waals surface area contributed by atoms with Gasteiger partial charge in [-0.05, 0) is 31.5 Å². The van der Waals surface area contributed by atoms with Crippen LogP contribution < -0.4 is 14.0 Å². The van der Waals surface area contributed by atoms with E-state index in [0.29, 0.717) is 36.2 Å². The van der Waals surface area contributed by atoms with Crippen molar-refractivity contribution < 1.29 is 28.4 Å². The number of benzene rings is 1. The first kappa shape index (κ1) is 21.5. The number of nitrogens with zero attached hydrogens (tertiary/aromatic N) is 5. The zero-order valence-corrected chi connectivity index (χ0v) is 18.8. The fraction of sp³-hybridized carbons (Fsp3) is 0.409. The molecule has 1 aromatic carbocycles. The Balaban J connectivity index is 1.63. The molecule has 10 heteroatoms. The second kappa shape index (κ2) is 8.10. The number of ketones is 1. The first-order chi connectivity index (χ1) is 15.3. The van der Waals surface area contributed by atoms with E-state index < -0.39 is 18.0 Å². The maximum Gasteiger partial charge on any atom is 0.401 e. The Morgan fingerprint density at radius 2 is 1.91 bits per heavy atom. The number of likely N-dealkylation sites (N-methyl/N-ethyl adjacent to an activating group) is 1. The predicted octanol–water partition coefficient (Wildman–Crippen LogP) is 1.41. The van der Waals surface area contributed by atoms with Crippen LogP contribution in [0.2, 0.25) is 0 Å². The number of Topliss-reactive ketones (excluding diaryl/α,β-unsaturated/α-hetero) is 1. The molecule has 32 heavy (non-hydrogen) atoms. The molecule has 10 nitrogen and oxygen atoms in total. The summed E-state index contributed by atoms with van der Waals surface area (Å²) in [5.74, 6) is 1.60. The average molecular weight is 440 g/mol. The first-order valence-corrected chi connectivity index (χ1v) is 10.3. The molecule has 4 rings (SSSR count). The quantitative estimate of drug-likeness (QED) is 0.607. The number of hydrogen-bond acceptors (Lipinski definition) is 6. The highest BCUT2D eigenvalue weighted by molar-refractivity contribution is 6.19. The van der Waals surface area contributed by atoms with Gasteiger partial charge >= 0.3 is 12.0 Å². The SMILES string of the molecule is COc1ccc(CCn2c(C)c[n+]3c2N=C2C3C(=O)N(CC(C)=O)C(=O)N2C)cc1OC. The minimum Gasteiger partial charge on any atom is -0.493 e. The van der Waals surface area contributed by atoms with Crippen LogP contribution in [0, 0.1) is 6.92 Å². The third kappa shape index (κ3) is 3.41. The van der Waals surface area contributed by atoms with E-state index >= 15 is 0 Å². The van der Waals surface area contributed by atoms with Crippen LogP contribution in [0.1, 0.15) is 24.2 Å². The van der Waals surface area contributed by atoms with Gasteiger partial charge in [0.05, 0.1) is 27.3 Å². The van der Waals surface area contributed by atoms with Crippen LogP contribution in [0.4, 0.5) is 10.7 Å². The van der Waals surface area contributed by atoms with Gasteiger partial charge in [0.1, 0.15) is 17.7 Å². The molecular formula is C22H26N5O5+. The molecule has 1 fully saturated rings. The van der Waals surface area contributed by atoms with E-state index in [1.807, 2.05) is 35.9 Å². The third-order valence-electron chi connectivity index (χ3n) is 5.78. The van der Waals surface area contributed by atoms with Gasteiger partial charge in [-0.2, -0.15) is 0 Å². The average Bonchev–Trinajstić information content (AvgIpc) is 3.28. The van der Waals surface area contributed by atoms with Gasteiger partial charge in [0.2, 0.25) is 11.9 Å². The van der Waals surface area contributed by atoms with Gasteiger partial charge in [-0.15, -0.1) is 0 Å². The molecule has 0 N–H and O–H groups in total. The number of amides is 3. The Kier molecular flexibility index (Phi) is 5.45. The molecule has 0 bridgehead atoms. The molecule has 2 aromatic rings. The third-order valence-corrected chi connectivity index (χ3v) is 5.78. The number of imidazole rings is 1. The summed E-state index contributed by atoms with van der Waals surface area (Å²) in [5.41, 5.74) is 2.00. The molecule has 1 saturated heterocycles. The summed E-state index contributed by atoms with van der Waals surface area (Å²) in [6.45, 7) is 3.67. The smallest absolute Gasteiger partial charge is 0.401 e. The van der Waals surface area contributed by atoms with Gasteiger partial charge in [-0.3, -0.25) is 19.4 Å². The molecule has 168 valence electrons.